The second-order valence-electron chi connectivity index (χ2n) is 7.11. The average Bonchev–Trinajstić information content (AvgIpc) is 2.80. The van der Waals surface area contributed by atoms with Crippen molar-refractivity contribution in [2.45, 2.75) is 30.4 Å². The van der Waals surface area contributed by atoms with Gasteiger partial charge in [0.2, 0.25) is 5.91 Å². The van der Waals surface area contributed by atoms with E-state index in [-0.39, 0.29) is 10.7 Å². The van der Waals surface area contributed by atoms with Crippen LogP contribution in [-0.2, 0) is 9.54 Å². The Kier molecular flexibility index (Phi) is 7.94. The fraction of sp³-hybridized carbons (Fsp3) is 0.269. The van der Waals surface area contributed by atoms with E-state index < -0.39 is 0 Å². The molecule has 0 heterocycles. The van der Waals surface area contributed by atoms with Gasteiger partial charge >= 0.3 is 0 Å². The Morgan fingerprint density at radius 1 is 0.724 bits per heavy atom. The summed E-state index contributed by atoms with van der Waals surface area (Å²) in [4.78, 5) is 11.4. The van der Waals surface area contributed by atoms with Crippen LogP contribution in [0.1, 0.15) is 42.4 Å². The topological polar surface area (TPSA) is 29.1 Å². The van der Waals surface area contributed by atoms with Crippen LogP contribution in [-0.4, -0.2) is 18.7 Å². The summed E-state index contributed by atoms with van der Waals surface area (Å²) in [6.45, 7) is 0. The minimum atomic E-state index is -0.245. The first-order chi connectivity index (χ1) is 14.3. The molecule has 0 aliphatic rings. The zero-order valence-electron chi connectivity index (χ0n) is 17.0. The van der Waals surface area contributed by atoms with Crippen molar-refractivity contribution < 1.29 is 4.79 Å². The second-order valence-corrected chi connectivity index (χ2v) is 8.42. The van der Waals surface area contributed by atoms with Gasteiger partial charge in [-0.25, -0.2) is 0 Å². The second kappa shape index (κ2) is 10.9. The van der Waals surface area contributed by atoms with Crippen LogP contribution >= 0.6 is 11.8 Å². The van der Waals surface area contributed by atoms with Gasteiger partial charge in [-0.3, -0.25) is 4.79 Å². The quantitative estimate of drug-likeness (QED) is 0.331. The summed E-state index contributed by atoms with van der Waals surface area (Å²) >= 11 is 1.99. The van der Waals surface area contributed by atoms with Crippen LogP contribution in [0.4, 0.5) is 0 Å². The van der Waals surface area contributed by atoms with Gasteiger partial charge in [-0.1, -0.05) is 97.4 Å². The Balaban J connectivity index is 1.88. The molecule has 1 N–H and O–H groups in total. The van der Waals surface area contributed by atoms with Crippen molar-refractivity contribution in [2.24, 2.45) is 0 Å². The van der Waals surface area contributed by atoms with Crippen LogP contribution in [0, 0.1) is 0 Å². The molecule has 0 aliphatic heterocycles. The van der Waals surface area contributed by atoms with Gasteiger partial charge in [0.1, 0.15) is 0 Å². The number of thioether (sulfide) groups is 1. The molecular formula is C26H29NOS. The Hall–Kier alpha value is -2.52. The number of hydrogen-bond acceptors (Lipinski definition) is 2. The van der Waals surface area contributed by atoms with Gasteiger partial charge in [-0.15, -0.1) is 11.8 Å². The number of hydrogen-bond donors (Lipinski definition) is 1. The molecule has 0 saturated carbocycles. The largest absolute Gasteiger partial charge is 0.359 e. The van der Waals surface area contributed by atoms with Crippen molar-refractivity contribution in [1.82, 2.24) is 5.32 Å². The molecule has 3 aromatic rings. The molecule has 29 heavy (non-hydrogen) atoms. The summed E-state index contributed by atoms with van der Waals surface area (Å²) in [6.07, 6.45) is 3.71. The van der Waals surface area contributed by atoms with Crippen LogP contribution in [0.15, 0.2) is 91.0 Å². The molecule has 0 unspecified atom stereocenters. The molecule has 0 atom stereocenters. The molecule has 3 heteroatoms. The van der Waals surface area contributed by atoms with Gasteiger partial charge in [-0.2, -0.15) is 0 Å². The predicted octanol–water partition coefficient (Wildman–Crippen LogP) is 6.02. The van der Waals surface area contributed by atoms with E-state index >= 15 is 0 Å². The number of amides is 1. The zero-order valence-corrected chi connectivity index (χ0v) is 17.8. The predicted molar refractivity (Wildman–Crippen MR) is 124 cm³/mol. The lowest BCUT2D eigenvalue weighted by atomic mass is 9.84. The lowest BCUT2D eigenvalue weighted by molar-refractivity contribution is -0.120. The number of unbranched alkanes of at least 4 members (excludes halogenated alkanes) is 2. The number of carbonyl (C=O) groups is 1. The van der Waals surface area contributed by atoms with Crippen LogP contribution in [0.3, 0.4) is 0 Å². The fourth-order valence-corrected chi connectivity index (χ4v) is 5.25. The number of carbonyl (C=O) groups excluding carboxylic acids is 1. The van der Waals surface area contributed by atoms with E-state index in [9.17, 15) is 4.79 Å². The van der Waals surface area contributed by atoms with Crippen molar-refractivity contribution in [3.8, 4) is 0 Å². The highest BCUT2D eigenvalue weighted by molar-refractivity contribution is 8.00. The SMILES string of the molecule is CNC(=O)CCCCCSC(c1ccccc1)(c1ccccc1)c1ccccc1. The fourth-order valence-electron chi connectivity index (χ4n) is 3.68. The molecule has 0 bridgehead atoms. The first-order valence-corrected chi connectivity index (χ1v) is 11.3. The van der Waals surface area contributed by atoms with E-state index in [4.69, 9.17) is 0 Å². The molecule has 3 rings (SSSR count). The maximum absolute atomic E-state index is 11.4. The summed E-state index contributed by atoms with van der Waals surface area (Å²) in [7, 11) is 1.70. The highest BCUT2D eigenvalue weighted by Gasteiger charge is 2.36. The van der Waals surface area contributed by atoms with Crippen molar-refractivity contribution in [2.75, 3.05) is 12.8 Å². The maximum atomic E-state index is 11.4. The Morgan fingerprint density at radius 2 is 1.17 bits per heavy atom. The van der Waals surface area contributed by atoms with Crippen LogP contribution in [0.2, 0.25) is 0 Å². The first kappa shape index (κ1) is 21.2. The van der Waals surface area contributed by atoms with Gasteiger partial charge in [0.05, 0.1) is 4.75 Å². The summed E-state index contributed by atoms with van der Waals surface area (Å²) < 4.78 is -0.245. The Bertz CT molecular complexity index is 768. The van der Waals surface area contributed by atoms with Crippen molar-refractivity contribution in [3.05, 3.63) is 108 Å². The molecule has 150 valence electrons. The van der Waals surface area contributed by atoms with Gasteiger partial charge in [-0.05, 0) is 35.3 Å². The van der Waals surface area contributed by atoms with E-state index in [1.807, 2.05) is 11.8 Å². The maximum Gasteiger partial charge on any atom is 0.219 e. The van der Waals surface area contributed by atoms with Gasteiger partial charge in [0.25, 0.3) is 0 Å². The summed E-state index contributed by atoms with van der Waals surface area (Å²) in [5.74, 6) is 1.16. The van der Waals surface area contributed by atoms with E-state index in [2.05, 4.69) is 96.3 Å². The van der Waals surface area contributed by atoms with Gasteiger partial charge < -0.3 is 5.32 Å². The first-order valence-electron chi connectivity index (χ1n) is 10.3. The zero-order chi connectivity index (χ0) is 20.4. The number of rotatable bonds is 10. The molecule has 0 aromatic heterocycles. The summed E-state index contributed by atoms with van der Waals surface area (Å²) in [6, 6.07) is 32.4. The number of nitrogens with one attached hydrogen (secondary N) is 1. The third kappa shape index (κ3) is 5.30. The molecule has 1 amide bonds. The lowest BCUT2D eigenvalue weighted by Crippen LogP contribution is -2.26. The molecule has 0 fully saturated rings. The summed E-state index contributed by atoms with van der Waals surface area (Å²) in [5, 5.41) is 2.70. The molecular weight excluding hydrogens is 374 g/mol. The monoisotopic (exact) mass is 403 g/mol. The van der Waals surface area contributed by atoms with Gasteiger partial charge in [0, 0.05) is 13.5 Å². The molecule has 0 saturated heterocycles. The highest BCUT2D eigenvalue weighted by Crippen LogP contribution is 2.48. The lowest BCUT2D eigenvalue weighted by Gasteiger charge is -2.35. The molecule has 3 aromatic carbocycles. The van der Waals surface area contributed by atoms with Gasteiger partial charge in [0.15, 0.2) is 0 Å². The van der Waals surface area contributed by atoms with Crippen LogP contribution < -0.4 is 5.32 Å². The Labute approximate surface area is 178 Å². The highest BCUT2D eigenvalue weighted by atomic mass is 32.2. The number of benzene rings is 3. The molecule has 2 nitrogen and oxygen atoms in total. The summed E-state index contributed by atoms with van der Waals surface area (Å²) in [5.41, 5.74) is 3.90. The normalized spacial score (nSPS) is 11.2. The van der Waals surface area contributed by atoms with E-state index in [1.54, 1.807) is 7.05 Å². The third-order valence-electron chi connectivity index (χ3n) is 5.19. The molecule has 0 aliphatic carbocycles. The van der Waals surface area contributed by atoms with Crippen molar-refractivity contribution >= 4 is 17.7 Å². The van der Waals surface area contributed by atoms with E-state index in [0.29, 0.717) is 6.42 Å². The van der Waals surface area contributed by atoms with E-state index in [0.717, 1.165) is 25.0 Å². The smallest absolute Gasteiger partial charge is 0.219 e. The average molecular weight is 404 g/mol. The third-order valence-corrected chi connectivity index (χ3v) is 6.82. The molecule has 0 radical (unpaired) electrons. The van der Waals surface area contributed by atoms with Crippen LogP contribution in [0.5, 0.6) is 0 Å². The van der Waals surface area contributed by atoms with Crippen molar-refractivity contribution in [1.29, 1.82) is 0 Å². The Morgan fingerprint density at radius 3 is 1.59 bits per heavy atom. The molecule has 0 spiro atoms. The standard InChI is InChI=1S/C26H29NOS/c1-27-25(28)20-12-5-13-21-29-26(22-14-6-2-7-15-22,23-16-8-3-9-17-23)24-18-10-4-11-19-24/h2-4,6-11,14-19H,5,12-13,20-21H2,1H3,(H,27,28). The minimum Gasteiger partial charge on any atom is -0.359 e. The van der Waals surface area contributed by atoms with Crippen LogP contribution in [0.25, 0.3) is 0 Å². The minimum absolute atomic E-state index is 0.129. The van der Waals surface area contributed by atoms with E-state index in [1.165, 1.54) is 16.7 Å². The van der Waals surface area contributed by atoms with Crippen molar-refractivity contribution in [3.63, 3.8) is 0 Å².